The number of rotatable bonds is 0. The zero-order valence-corrected chi connectivity index (χ0v) is 4.23. The zero-order chi connectivity index (χ0) is 5.15. The molecule has 0 unspecified atom stereocenters. The topological polar surface area (TPSA) is 92.5 Å². The Kier molecular flexibility index (Phi) is 4.80. The van der Waals surface area contributed by atoms with Gasteiger partial charge in [-0.15, -0.1) is 0 Å². The van der Waals surface area contributed by atoms with Crippen molar-refractivity contribution in [2.75, 3.05) is 0 Å². The lowest BCUT2D eigenvalue weighted by atomic mass is 10.8. The van der Waals surface area contributed by atoms with Crippen molar-refractivity contribution >= 4 is 23.2 Å². The largest absolute Gasteiger partial charge is 0.494 e. The number of carbonyl (C=O) groups is 1. The summed E-state index contributed by atoms with van der Waals surface area (Å²) in [6.45, 7) is 0. The van der Waals surface area contributed by atoms with Crippen LogP contribution in [0.15, 0.2) is 0 Å². The predicted octanol–water partition coefficient (Wildman–Crippen LogP) is 0.118. The van der Waals surface area contributed by atoms with E-state index in [1.54, 1.807) is 0 Å². The fourth-order valence-electron chi connectivity index (χ4n) is 0. The van der Waals surface area contributed by atoms with E-state index in [9.17, 15) is 4.79 Å². The lowest BCUT2D eigenvalue weighted by Crippen LogP contribution is -2.06. The van der Waals surface area contributed by atoms with Crippen molar-refractivity contribution in [2.45, 2.75) is 0 Å². The minimum Gasteiger partial charge on any atom is -0.494 e. The Labute approximate surface area is 45.3 Å². The molecule has 0 aromatic carbocycles. The second-order valence-corrected chi connectivity index (χ2v) is 0.997. The molecule has 0 saturated carbocycles. The third-order valence-corrected chi connectivity index (χ3v) is 0.358. The first kappa shape index (κ1) is 9.58. The van der Waals surface area contributed by atoms with E-state index in [-0.39, 0.29) is 6.15 Å². The molecule has 5 heteroatoms. The first-order valence-electron chi connectivity index (χ1n) is 1.11. The Balaban J connectivity index is 0. The molecular formula is C2H5NO3S. The second-order valence-electron chi connectivity index (χ2n) is 0.610. The Morgan fingerprint density at radius 3 is 1.57 bits per heavy atom. The molecule has 0 radical (unpaired) electrons. The summed E-state index contributed by atoms with van der Waals surface area (Å²) < 4.78 is 0. The quantitative estimate of drug-likeness (QED) is 0.398. The highest BCUT2D eigenvalue weighted by molar-refractivity contribution is 7.81. The van der Waals surface area contributed by atoms with Crippen molar-refractivity contribution < 1.29 is 15.0 Å². The van der Waals surface area contributed by atoms with E-state index >= 15 is 0 Å². The maximum atomic E-state index is 9.31. The van der Waals surface area contributed by atoms with E-state index in [1.165, 1.54) is 0 Å². The Bertz CT molecular complexity index is 78.9. The van der Waals surface area contributed by atoms with Gasteiger partial charge < -0.3 is 16.4 Å². The van der Waals surface area contributed by atoms with Gasteiger partial charge in [-0.1, -0.05) is 0 Å². The summed E-state index contributed by atoms with van der Waals surface area (Å²) in [6, 6.07) is 0. The molecule has 5 N–H and O–H groups in total. The van der Waals surface area contributed by atoms with Gasteiger partial charge in [0, 0.05) is 0 Å². The number of carboxylic acids is 1. The number of thiocarbonyl (C=S) groups is 1. The van der Waals surface area contributed by atoms with E-state index in [4.69, 9.17) is 10.2 Å². The van der Waals surface area contributed by atoms with E-state index < -0.39 is 11.0 Å². The smallest absolute Gasteiger partial charge is 0.382 e. The molecule has 0 atom stereocenters. The maximum Gasteiger partial charge on any atom is 0.382 e. The van der Waals surface area contributed by atoms with Crippen molar-refractivity contribution in [3.8, 4) is 0 Å². The third kappa shape index (κ3) is 5.32. The Morgan fingerprint density at radius 1 is 1.43 bits per heavy atom. The molecular weight excluding hydrogens is 118 g/mol. The van der Waals surface area contributed by atoms with Gasteiger partial charge in [-0.05, 0) is 12.2 Å². The van der Waals surface area contributed by atoms with Gasteiger partial charge in [-0.25, -0.2) is 4.79 Å². The molecule has 42 valence electrons. The van der Waals surface area contributed by atoms with Gasteiger partial charge in [0.1, 0.15) is 0 Å². The molecule has 0 aromatic rings. The summed E-state index contributed by atoms with van der Waals surface area (Å²) >= 11 is 3.78. The van der Waals surface area contributed by atoms with Crippen molar-refractivity contribution in [1.29, 1.82) is 0 Å². The van der Waals surface area contributed by atoms with Crippen LogP contribution < -0.4 is 6.15 Å². The van der Waals surface area contributed by atoms with Crippen LogP contribution in [0.4, 0.5) is 0 Å². The molecule has 0 rings (SSSR count). The summed E-state index contributed by atoms with van der Waals surface area (Å²) in [5, 5.41) is 14.4. The fraction of sp³-hybridized carbons (Fsp3) is 0. The average molecular weight is 123 g/mol. The molecule has 0 spiro atoms. The van der Waals surface area contributed by atoms with Crippen LogP contribution in [0.25, 0.3) is 0 Å². The minimum absolute atomic E-state index is 0. The maximum absolute atomic E-state index is 9.31. The van der Waals surface area contributed by atoms with Gasteiger partial charge in [0.25, 0.3) is 5.05 Å². The summed E-state index contributed by atoms with van der Waals surface area (Å²) in [7, 11) is 0. The van der Waals surface area contributed by atoms with Crippen LogP contribution in [0.5, 0.6) is 0 Å². The van der Waals surface area contributed by atoms with Crippen molar-refractivity contribution in [1.82, 2.24) is 6.15 Å². The van der Waals surface area contributed by atoms with Crippen LogP contribution in [0.3, 0.4) is 0 Å². The molecule has 4 nitrogen and oxygen atoms in total. The molecule has 0 heterocycles. The van der Waals surface area contributed by atoms with Crippen LogP contribution in [0.2, 0.25) is 0 Å². The zero-order valence-electron chi connectivity index (χ0n) is 3.42. The van der Waals surface area contributed by atoms with Crippen molar-refractivity contribution in [3.63, 3.8) is 0 Å². The molecule has 0 aromatic heterocycles. The third-order valence-electron chi connectivity index (χ3n) is 0.183. The predicted molar refractivity (Wildman–Crippen MR) is 27.9 cm³/mol. The molecule has 0 bridgehead atoms. The molecule has 7 heavy (non-hydrogen) atoms. The molecule has 0 aliphatic heterocycles. The van der Waals surface area contributed by atoms with Crippen LogP contribution in [-0.4, -0.2) is 21.2 Å². The van der Waals surface area contributed by atoms with Crippen LogP contribution in [0.1, 0.15) is 0 Å². The normalized spacial score (nSPS) is 6.29. The summed E-state index contributed by atoms with van der Waals surface area (Å²) in [5.74, 6) is -1.45. The first-order valence-corrected chi connectivity index (χ1v) is 1.51. The second kappa shape index (κ2) is 3.51. The first-order chi connectivity index (χ1) is 2.64. The number of aliphatic hydroxyl groups excluding tert-OH is 1. The highest BCUT2D eigenvalue weighted by Crippen LogP contribution is 1.64. The van der Waals surface area contributed by atoms with E-state index in [1.807, 2.05) is 0 Å². The van der Waals surface area contributed by atoms with Gasteiger partial charge in [0.2, 0.25) is 0 Å². The summed E-state index contributed by atoms with van der Waals surface area (Å²) in [6.07, 6.45) is 0. The Morgan fingerprint density at radius 2 is 1.57 bits per heavy atom. The molecule has 0 aliphatic carbocycles. The van der Waals surface area contributed by atoms with E-state index in [2.05, 4.69) is 12.2 Å². The number of hydrogen-bond donors (Lipinski definition) is 3. The van der Waals surface area contributed by atoms with Crippen molar-refractivity contribution in [3.05, 3.63) is 0 Å². The molecule has 0 saturated heterocycles. The van der Waals surface area contributed by atoms with E-state index in [0.717, 1.165) is 0 Å². The summed E-state index contributed by atoms with van der Waals surface area (Å²) in [5.41, 5.74) is 0. The highest BCUT2D eigenvalue weighted by atomic mass is 32.1. The van der Waals surface area contributed by atoms with Crippen LogP contribution >= 0.6 is 12.2 Å². The minimum atomic E-state index is -1.45. The van der Waals surface area contributed by atoms with Crippen LogP contribution in [0, 0.1) is 0 Å². The standard InChI is InChI=1S/C2H2O3S.H3N/c3-1(4)2(5)6;/h(H,3,4)(H,5,6);1H3. The average Bonchev–Trinajstić information content (AvgIpc) is 1.36. The highest BCUT2D eigenvalue weighted by Gasteiger charge is 1.97. The van der Waals surface area contributed by atoms with Crippen LogP contribution in [-0.2, 0) is 4.79 Å². The number of carboxylic acid groups (broad SMARTS) is 1. The molecule has 0 amide bonds. The van der Waals surface area contributed by atoms with E-state index in [0.29, 0.717) is 0 Å². The number of aliphatic hydroxyl groups is 1. The van der Waals surface area contributed by atoms with Gasteiger partial charge >= 0.3 is 5.97 Å². The van der Waals surface area contributed by atoms with Crippen molar-refractivity contribution in [2.24, 2.45) is 0 Å². The summed E-state index contributed by atoms with van der Waals surface area (Å²) in [4.78, 5) is 9.31. The van der Waals surface area contributed by atoms with Gasteiger partial charge in [-0.2, -0.15) is 0 Å². The molecule has 0 aliphatic rings. The fourth-order valence-corrected chi connectivity index (χ4v) is 0. The lowest BCUT2D eigenvalue weighted by Gasteiger charge is -1.76. The molecule has 0 fully saturated rings. The van der Waals surface area contributed by atoms with Gasteiger partial charge in [-0.3, -0.25) is 0 Å². The lowest BCUT2D eigenvalue weighted by molar-refractivity contribution is -0.130. The van der Waals surface area contributed by atoms with Gasteiger partial charge in [0.15, 0.2) is 0 Å². The number of hydrogen-bond acceptors (Lipinski definition) is 3. The SMILES string of the molecule is N.O=C(O)C(O)=S. The number of aliphatic carboxylic acids is 1. The van der Waals surface area contributed by atoms with Gasteiger partial charge in [0.05, 0.1) is 0 Å². The monoisotopic (exact) mass is 123 g/mol. The Hall–Kier alpha value is -0.680.